The first kappa shape index (κ1) is 19.0. The van der Waals surface area contributed by atoms with Crippen molar-refractivity contribution >= 4 is 16.6 Å². The van der Waals surface area contributed by atoms with Crippen LogP contribution in [0, 0.1) is 13.8 Å². The van der Waals surface area contributed by atoms with Crippen LogP contribution in [0.25, 0.3) is 10.9 Å². The average molecular weight is 376 g/mol. The minimum absolute atomic E-state index is 0.0543. The van der Waals surface area contributed by atoms with Crippen LogP contribution in [-0.2, 0) is 0 Å². The molecule has 0 saturated carbocycles. The van der Waals surface area contributed by atoms with E-state index >= 15 is 0 Å². The van der Waals surface area contributed by atoms with Gasteiger partial charge in [0.2, 0.25) is 0 Å². The number of nitrogens with one attached hydrogen (secondary N) is 1. The number of rotatable bonds is 4. The third kappa shape index (κ3) is 3.98. The van der Waals surface area contributed by atoms with Crippen LogP contribution in [0.15, 0.2) is 48.5 Å². The summed E-state index contributed by atoms with van der Waals surface area (Å²) < 4.78 is 39.9. The van der Waals surface area contributed by atoms with Crippen LogP contribution in [0.4, 0.5) is 18.9 Å². The summed E-state index contributed by atoms with van der Waals surface area (Å²) in [6.07, 6.45) is -7.45. The van der Waals surface area contributed by atoms with Crippen molar-refractivity contribution < 1.29 is 23.4 Å². The number of halogens is 3. The third-order valence-electron chi connectivity index (χ3n) is 4.42. The molecule has 0 fully saturated rings. The minimum atomic E-state index is -4.82. The van der Waals surface area contributed by atoms with Gasteiger partial charge in [-0.3, -0.25) is 4.98 Å². The van der Waals surface area contributed by atoms with Gasteiger partial charge in [-0.2, -0.15) is 13.2 Å². The van der Waals surface area contributed by atoms with E-state index in [1.807, 2.05) is 6.92 Å². The topological polar surface area (TPSA) is 65.4 Å². The van der Waals surface area contributed by atoms with E-state index in [9.17, 15) is 23.4 Å². The van der Waals surface area contributed by atoms with E-state index < -0.39 is 18.3 Å². The van der Waals surface area contributed by atoms with Gasteiger partial charge >= 0.3 is 6.18 Å². The second-order valence-corrected chi connectivity index (χ2v) is 6.47. The lowest BCUT2D eigenvalue weighted by molar-refractivity contribution is -0.208. The van der Waals surface area contributed by atoms with E-state index in [4.69, 9.17) is 0 Å². The number of aliphatic hydroxyl groups excluding tert-OH is 1. The number of phenolic OH excluding ortho intramolecular Hbond substituents is 1. The van der Waals surface area contributed by atoms with Gasteiger partial charge in [0.05, 0.1) is 11.6 Å². The molecule has 3 rings (SSSR count). The van der Waals surface area contributed by atoms with E-state index in [0.717, 1.165) is 5.69 Å². The number of pyridine rings is 1. The Morgan fingerprint density at radius 3 is 2.44 bits per heavy atom. The van der Waals surface area contributed by atoms with Crippen molar-refractivity contribution in [2.45, 2.75) is 32.2 Å². The first-order chi connectivity index (χ1) is 12.7. The number of hydrogen-bond donors (Lipinski definition) is 3. The number of aromatic hydroxyl groups is 1. The van der Waals surface area contributed by atoms with Crippen molar-refractivity contribution in [3.05, 3.63) is 65.4 Å². The highest BCUT2D eigenvalue weighted by atomic mass is 19.4. The van der Waals surface area contributed by atoms with Crippen molar-refractivity contribution in [2.75, 3.05) is 5.32 Å². The molecule has 1 heterocycles. The summed E-state index contributed by atoms with van der Waals surface area (Å²) in [6, 6.07) is 11.3. The van der Waals surface area contributed by atoms with Gasteiger partial charge in [-0.25, -0.2) is 0 Å². The molecule has 0 aliphatic heterocycles. The lowest BCUT2D eigenvalue weighted by Crippen LogP contribution is -2.38. The molecule has 0 spiro atoms. The van der Waals surface area contributed by atoms with Crippen LogP contribution in [0.3, 0.4) is 0 Å². The lowest BCUT2D eigenvalue weighted by atomic mass is 9.95. The Morgan fingerprint density at radius 2 is 1.78 bits per heavy atom. The Kier molecular flexibility index (Phi) is 4.97. The lowest BCUT2D eigenvalue weighted by Gasteiger charge is -2.29. The normalized spacial score (nSPS) is 14.1. The Morgan fingerprint density at radius 1 is 1.04 bits per heavy atom. The number of phenols is 1. The summed E-state index contributed by atoms with van der Waals surface area (Å²) in [6.45, 7) is 3.41. The van der Waals surface area contributed by atoms with Gasteiger partial charge in [-0.15, -0.1) is 0 Å². The van der Waals surface area contributed by atoms with E-state index in [0.29, 0.717) is 22.2 Å². The van der Waals surface area contributed by atoms with Crippen LogP contribution in [-0.4, -0.2) is 27.5 Å². The van der Waals surface area contributed by atoms with Gasteiger partial charge < -0.3 is 15.5 Å². The number of nitrogens with zero attached hydrogens (tertiary/aromatic N) is 1. The highest BCUT2D eigenvalue weighted by Crippen LogP contribution is 2.36. The highest BCUT2D eigenvalue weighted by Gasteiger charge is 2.44. The van der Waals surface area contributed by atoms with Gasteiger partial charge in [0.25, 0.3) is 0 Å². The van der Waals surface area contributed by atoms with Crippen molar-refractivity contribution in [3.8, 4) is 5.75 Å². The molecule has 0 amide bonds. The van der Waals surface area contributed by atoms with Crippen molar-refractivity contribution in [3.63, 3.8) is 0 Å². The molecule has 7 heteroatoms. The Balaban J connectivity index is 2.09. The summed E-state index contributed by atoms with van der Waals surface area (Å²) in [4.78, 5) is 4.38. The van der Waals surface area contributed by atoms with Gasteiger partial charge in [-0.1, -0.05) is 12.1 Å². The predicted octanol–water partition coefficient (Wildman–Crippen LogP) is 4.63. The molecule has 0 aliphatic rings. The quantitative estimate of drug-likeness (QED) is 0.621. The number of aliphatic hydroxyl groups is 1. The predicted molar refractivity (Wildman–Crippen MR) is 97.7 cm³/mol. The summed E-state index contributed by atoms with van der Waals surface area (Å²) in [7, 11) is 0. The SMILES string of the molecule is Cc1ccc2c(NC(c3ccc(O)cc3C)C(O)C(F)(F)F)cccc2n1. The van der Waals surface area contributed by atoms with E-state index in [2.05, 4.69) is 10.3 Å². The molecular formula is C20H19F3N2O2. The molecule has 0 radical (unpaired) electrons. The molecule has 27 heavy (non-hydrogen) atoms. The second-order valence-electron chi connectivity index (χ2n) is 6.47. The molecule has 3 aromatic rings. The number of fused-ring (bicyclic) bond motifs is 1. The first-order valence-corrected chi connectivity index (χ1v) is 8.34. The number of anilines is 1. The summed E-state index contributed by atoms with van der Waals surface area (Å²) >= 11 is 0. The number of hydrogen-bond acceptors (Lipinski definition) is 4. The molecule has 4 nitrogen and oxygen atoms in total. The van der Waals surface area contributed by atoms with Crippen LogP contribution in [0.2, 0.25) is 0 Å². The zero-order chi connectivity index (χ0) is 19.8. The van der Waals surface area contributed by atoms with E-state index in [-0.39, 0.29) is 11.3 Å². The van der Waals surface area contributed by atoms with E-state index in [1.165, 1.54) is 18.2 Å². The molecule has 2 aromatic carbocycles. The maximum Gasteiger partial charge on any atom is 0.416 e. The van der Waals surface area contributed by atoms with Crippen LogP contribution >= 0.6 is 0 Å². The molecule has 3 N–H and O–H groups in total. The fraction of sp³-hybridized carbons (Fsp3) is 0.250. The summed E-state index contributed by atoms with van der Waals surface area (Å²) in [5.41, 5.74) is 2.55. The third-order valence-corrected chi connectivity index (χ3v) is 4.42. The van der Waals surface area contributed by atoms with Gasteiger partial charge in [0.15, 0.2) is 6.10 Å². The van der Waals surface area contributed by atoms with Crippen LogP contribution < -0.4 is 5.32 Å². The number of aromatic nitrogens is 1. The van der Waals surface area contributed by atoms with Gasteiger partial charge in [0, 0.05) is 16.8 Å². The molecular weight excluding hydrogens is 357 g/mol. The standard InChI is InChI=1S/C20H19F3N2O2/c1-11-10-13(26)7-9-14(11)18(19(27)20(21,22)23)25-17-5-3-4-16-15(17)8-6-12(2)24-16/h3-10,18-19,25-27H,1-2H3. The molecule has 2 atom stereocenters. The van der Waals surface area contributed by atoms with E-state index in [1.54, 1.807) is 37.3 Å². The maximum absolute atomic E-state index is 13.3. The summed E-state index contributed by atoms with van der Waals surface area (Å²) in [5.74, 6) is -0.0543. The fourth-order valence-corrected chi connectivity index (χ4v) is 3.07. The monoisotopic (exact) mass is 376 g/mol. The smallest absolute Gasteiger partial charge is 0.416 e. The molecule has 0 bridgehead atoms. The summed E-state index contributed by atoms with van der Waals surface area (Å²) in [5, 5.41) is 23.1. The Labute approximate surface area is 154 Å². The number of aryl methyl sites for hydroxylation is 2. The average Bonchev–Trinajstić information content (AvgIpc) is 2.58. The molecule has 1 aromatic heterocycles. The number of benzene rings is 2. The largest absolute Gasteiger partial charge is 0.508 e. The Hall–Kier alpha value is -2.80. The van der Waals surface area contributed by atoms with Crippen LogP contribution in [0.5, 0.6) is 5.75 Å². The highest BCUT2D eigenvalue weighted by molar-refractivity contribution is 5.91. The van der Waals surface area contributed by atoms with Crippen LogP contribution in [0.1, 0.15) is 22.9 Å². The van der Waals surface area contributed by atoms with Gasteiger partial charge in [0.1, 0.15) is 5.75 Å². The van der Waals surface area contributed by atoms with Crippen molar-refractivity contribution in [1.29, 1.82) is 0 Å². The molecule has 2 unspecified atom stereocenters. The molecule has 142 valence electrons. The van der Waals surface area contributed by atoms with Crippen molar-refractivity contribution in [1.82, 2.24) is 4.98 Å². The minimum Gasteiger partial charge on any atom is -0.508 e. The zero-order valence-electron chi connectivity index (χ0n) is 14.7. The number of alkyl halides is 3. The first-order valence-electron chi connectivity index (χ1n) is 8.34. The maximum atomic E-state index is 13.3. The molecule has 0 aliphatic carbocycles. The van der Waals surface area contributed by atoms with Gasteiger partial charge in [-0.05, 0) is 61.4 Å². The Bertz CT molecular complexity index is 973. The zero-order valence-corrected chi connectivity index (χ0v) is 14.7. The fourth-order valence-electron chi connectivity index (χ4n) is 3.07. The van der Waals surface area contributed by atoms with Crippen molar-refractivity contribution in [2.24, 2.45) is 0 Å². The second kappa shape index (κ2) is 7.08. The molecule has 0 saturated heterocycles.